The Morgan fingerprint density at radius 3 is 2.58 bits per heavy atom. The number of hydrogen-bond acceptors (Lipinski definition) is 5. The van der Waals surface area contributed by atoms with Crippen LogP contribution >= 0.6 is 11.8 Å². The van der Waals surface area contributed by atoms with Crippen molar-refractivity contribution in [3.8, 4) is 0 Å². The average Bonchev–Trinajstić information content (AvgIpc) is 2.23. The molecular weight excluding hydrogens is 290 g/mol. The molecule has 8 heteroatoms. The first-order valence-corrected chi connectivity index (χ1v) is 8.63. The van der Waals surface area contributed by atoms with Crippen LogP contribution in [0.2, 0.25) is 0 Å². The second kappa shape index (κ2) is 8.40. The summed E-state index contributed by atoms with van der Waals surface area (Å²) >= 11 is 1.08. The maximum absolute atomic E-state index is 11.6. The van der Waals surface area contributed by atoms with Crippen molar-refractivity contribution in [2.75, 3.05) is 36.2 Å². The molecule has 0 rings (SSSR count). The third kappa shape index (κ3) is 10.8. The molecule has 0 aromatic carbocycles. The van der Waals surface area contributed by atoms with Gasteiger partial charge in [0.25, 0.3) is 0 Å². The normalized spacial score (nSPS) is 12.1. The van der Waals surface area contributed by atoms with Gasteiger partial charge in [-0.1, -0.05) is 0 Å². The van der Waals surface area contributed by atoms with Crippen LogP contribution in [-0.4, -0.2) is 61.3 Å². The van der Waals surface area contributed by atoms with Gasteiger partial charge < -0.3 is 14.7 Å². The molecule has 6 nitrogen and oxygen atoms in total. The first-order valence-electron chi connectivity index (χ1n) is 5.66. The molecule has 0 fully saturated rings. The van der Waals surface area contributed by atoms with Gasteiger partial charge in [-0.3, -0.25) is 4.79 Å². The summed E-state index contributed by atoms with van der Waals surface area (Å²) in [5.74, 6) is -0.948. The molecule has 1 N–H and O–H groups in total. The minimum atomic E-state index is -3.23. The van der Waals surface area contributed by atoms with Crippen molar-refractivity contribution in [1.29, 1.82) is 0 Å². The second-order valence-electron chi connectivity index (χ2n) is 4.52. The van der Waals surface area contributed by atoms with Crippen molar-refractivity contribution in [2.45, 2.75) is 19.4 Å². The van der Waals surface area contributed by atoms with E-state index < -0.39 is 21.4 Å². The molecule has 19 heavy (non-hydrogen) atoms. The van der Waals surface area contributed by atoms with Crippen molar-refractivity contribution in [1.82, 2.24) is 0 Å². The smallest absolute Gasteiger partial charge is 0.313 e. The van der Waals surface area contributed by atoms with Crippen LogP contribution < -0.4 is 0 Å². The van der Waals surface area contributed by atoms with Crippen molar-refractivity contribution >= 4 is 27.6 Å². The van der Waals surface area contributed by atoms with Gasteiger partial charge in [-0.25, -0.2) is 15.0 Å². The summed E-state index contributed by atoms with van der Waals surface area (Å²) in [5, 5.41) is 8.41. The van der Waals surface area contributed by atoms with Crippen molar-refractivity contribution < 1.29 is 23.1 Å². The molecule has 0 unspecified atom stereocenters. The molecule has 0 amide bonds. The Bertz CT molecular complexity index is 425. The predicted octanol–water partition coefficient (Wildman–Crippen LogP) is 0.933. The molecule has 0 spiro atoms. The maximum atomic E-state index is 11.6. The lowest BCUT2D eigenvalue weighted by Crippen LogP contribution is -2.30. The first-order chi connectivity index (χ1) is 8.68. The van der Waals surface area contributed by atoms with Crippen LogP contribution in [0.4, 0.5) is 0 Å². The van der Waals surface area contributed by atoms with Crippen LogP contribution in [0, 0.1) is 6.57 Å². The average molecular weight is 309 g/mol. The van der Waals surface area contributed by atoms with Gasteiger partial charge in [0.05, 0.1) is 23.9 Å². The van der Waals surface area contributed by atoms with Crippen molar-refractivity contribution in [3.05, 3.63) is 11.4 Å². The summed E-state index contributed by atoms with van der Waals surface area (Å²) in [6.07, 6.45) is 0. The van der Waals surface area contributed by atoms with E-state index >= 15 is 0 Å². The summed E-state index contributed by atoms with van der Waals surface area (Å²) < 4.78 is 28.6. The summed E-state index contributed by atoms with van der Waals surface area (Å²) in [5.41, 5.74) is -0.644. The highest BCUT2D eigenvalue weighted by Gasteiger charge is 2.23. The lowest BCUT2D eigenvalue weighted by atomic mass is 10.1. The van der Waals surface area contributed by atoms with Crippen LogP contribution in [0.3, 0.4) is 0 Å². The molecule has 0 atom stereocenters. The monoisotopic (exact) mass is 309 g/mol. The van der Waals surface area contributed by atoms with E-state index in [4.69, 9.17) is 16.4 Å². The van der Waals surface area contributed by atoms with Crippen LogP contribution in [0.25, 0.3) is 4.85 Å². The van der Waals surface area contributed by atoms with Crippen LogP contribution in [0.1, 0.15) is 13.8 Å². The van der Waals surface area contributed by atoms with E-state index in [0.29, 0.717) is 0 Å². The quantitative estimate of drug-likeness (QED) is 0.477. The minimum absolute atomic E-state index is 0.0501. The molecule has 0 aliphatic heterocycles. The highest BCUT2D eigenvalue weighted by atomic mass is 32.2. The van der Waals surface area contributed by atoms with E-state index in [9.17, 15) is 13.2 Å². The van der Waals surface area contributed by atoms with Crippen LogP contribution in [0.15, 0.2) is 0 Å². The van der Waals surface area contributed by atoms with Crippen LogP contribution in [-0.2, 0) is 19.4 Å². The van der Waals surface area contributed by atoms with Gasteiger partial charge in [-0.05, 0) is 13.8 Å². The number of hydrogen-bond donors (Lipinski definition) is 1. The van der Waals surface area contributed by atoms with Gasteiger partial charge in [0.1, 0.15) is 5.60 Å². The fourth-order valence-corrected chi connectivity index (χ4v) is 3.48. The Hall–Kier alpha value is -0.780. The zero-order valence-corrected chi connectivity index (χ0v) is 12.7. The Balaban J connectivity index is 3.92. The standard InChI is InChI=1S/C11H19NO5S2/c1-11(2,9-12-3)17-4-6-19(15,16)7-5-18-8-10(13)14/h4-9H2,1-2H3,(H,13,14). The number of ether oxygens (including phenoxy) is 1. The van der Waals surface area contributed by atoms with Gasteiger partial charge in [-0.2, -0.15) is 0 Å². The summed E-state index contributed by atoms with van der Waals surface area (Å²) in [7, 11) is -3.23. The molecule has 0 heterocycles. The van der Waals surface area contributed by atoms with E-state index in [1.54, 1.807) is 13.8 Å². The molecule has 0 bridgehead atoms. The zero-order chi connectivity index (χ0) is 14.9. The Labute approximate surface area is 118 Å². The lowest BCUT2D eigenvalue weighted by Gasteiger charge is -2.19. The fraction of sp³-hybridized carbons (Fsp3) is 0.818. The second-order valence-corrected chi connectivity index (χ2v) is 7.93. The van der Waals surface area contributed by atoms with Gasteiger partial charge in [0.15, 0.2) is 9.84 Å². The number of nitrogens with zero attached hydrogens (tertiary/aromatic N) is 1. The SMILES string of the molecule is [C-]#[N+]CC(C)(C)OCCS(=O)(=O)CCSCC(=O)O. The minimum Gasteiger partial charge on any atom is -0.481 e. The van der Waals surface area contributed by atoms with Gasteiger partial charge >= 0.3 is 5.97 Å². The number of aliphatic carboxylic acids is 1. The summed E-state index contributed by atoms with van der Waals surface area (Å²) in [6, 6.07) is 0. The predicted molar refractivity (Wildman–Crippen MR) is 75.1 cm³/mol. The van der Waals surface area contributed by atoms with Gasteiger partial charge in [0, 0.05) is 5.75 Å². The van der Waals surface area contributed by atoms with E-state index in [1.807, 2.05) is 0 Å². The van der Waals surface area contributed by atoms with E-state index in [-0.39, 0.29) is 36.2 Å². The first kappa shape index (κ1) is 18.2. The Morgan fingerprint density at radius 1 is 1.42 bits per heavy atom. The van der Waals surface area contributed by atoms with Crippen molar-refractivity contribution in [2.24, 2.45) is 0 Å². The van der Waals surface area contributed by atoms with E-state index in [2.05, 4.69) is 4.85 Å². The number of sulfone groups is 1. The highest BCUT2D eigenvalue weighted by Crippen LogP contribution is 2.10. The number of carboxylic acid groups (broad SMARTS) is 1. The maximum Gasteiger partial charge on any atom is 0.313 e. The molecule has 0 saturated carbocycles. The highest BCUT2D eigenvalue weighted by molar-refractivity contribution is 8.01. The Kier molecular flexibility index (Phi) is 8.06. The molecule has 110 valence electrons. The third-order valence-electron chi connectivity index (χ3n) is 2.11. The molecule has 0 saturated heterocycles. The van der Waals surface area contributed by atoms with Gasteiger partial charge in [-0.15, -0.1) is 11.8 Å². The zero-order valence-electron chi connectivity index (χ0n) is 11.1. The fourth-order valence-electron chi connectivity index (χ4n) is 1.13. The Morgan fingerprint density at radius 2 is 2.05 bits per heavy atom. The number of rotatable bonds is 10. The third-order valence-corrected chi connectivity index (χ3v) is 4.93. The molecular formula is C11H19NO5S2. The summed E-state index contributed by atoms with van der Waals surface area (Å²) in [6.45, 7) is 10.4. The number of carbonyl (C=O) groups is 1. The van der Waals surface area contributed by atoms with Gasteiger partial charge in [0.2, 0.25) is 6.54 Å². The van der Waals surface area contributed by atoms with Crippen LogP contribution in [0.5, 0.6) is 0 Å². The number of carboxylic acids is 1. The molecule has 0 radical (unpaired) electrons. The molecule has 0 aliphatic carbocycles. The summed E-state index contributed by atoms with van der Waals surface area (Å²) in [4.78, 5) is 13.5. The largest absolute Gasteiger partial charge is 0.481 e. The van der Waals surface area contributed by atoms with E-state index in [1.165, 1.54) is 0 Å². The molecule has 0 aromatic heterocycles. The number of thioether (sulfide) groups is 1. The molecule has 0 aromatic rings. The molecule has 0 aliphatic rings. The lowest BCUT2D eigenvalue weighted by molar-refractivity contribution is -0.133. The topological polar surface area (TPSA) is 85.0 Å². The van der Waals surface area contributed by atoms with E-state index in [0.717, 1.165) is 11.8 Å². The van der Waals surface area contributed by atoms with Crippen molar-refractivity contribution in [3.63, 3.8) is 0 Å².